The summed E-state index contributed by atoms with van der Waals surface area (Å²) in [5.41, 5.74) is 4.98. The molecule has 0 aromatic heterocycles. The lowest BCUT2D eigenvalue weighted by Gasteiger charge is -2.26. The first-order valence-corrected chi connectivity index (χ1v) is 8.42. The van der Waals surface area contributed by atoms with Gasteiger partial charge in [0, 0.05) is 18.7 Å². The van der Waals surface area contributed by atoms with Crippen LogP contribution in [0.4, 0.5) is 14.5 Å². The molecule has 0 radical (unpaired) electrons. The van der Waals surface area contributed by atoms with Crippen molar-refractivity contribution in [2.45, 2.75) is 51.0 Å². The fourth-order valence-electron chi connectivity index (χ4n) is 2.04. The maximum absolute atomic E-state index is 13.8. The highest BCUT2D eigenvalue weighted by Crippen LogP contribution is 2.25. The molecular formula is C14H22F2N2O2S. The van der Waals surface area contributed by atoms with Crippen LogP contribution >= 0.6 is 0 Å². The third kappa shape index (κ3) is 4.14. The van der Waals surface area contributed by atoms with Crippen LogP contribution in [0.25, 0.3) is 0 Å². The van der Waals surface area contributed by atoms with Gasteiger partial charge in [-0.05, 0) is 26.3 Å². The van der Waals surface area contributed by atoms with E-state index in [9.17, 15) is 17.2 Å². The Morgan fingerprint density at radius 2 is 1.81 bits per heavy atom. The second-order valence-electron chi connectivity index (χ2n) is 5.22. The molecule has 1 rings (SSSR count). The van der Waals surface area contributed by atoms with Gasteiger partial charge in [0.1, 0.15) is 16.5 Å². The molecule has 0 unspecified atom stereocenters. The van der Waals surface area contributed by atoms with Crippen LogP contribution in [-0.2, 0) is 10.0 Å². The van der Waals surface area contributed by atoms with Gasteiger partial charge in [0.25, 0.3) is 0 Å². The van der Waals surface area contributed by atoms with Crippen LogP contribution in [0.1, 0.15) is 40.0 Å². The maximum atomic E-state index is 13.8. The zero-order valence-corrected chi connectivity index (χ0v) is 13.4. The maximum Gasteiger partial charge on any atom is 0.246 e. The summed E-state index contributed by atoms with van der Waals surface area (Å²) in [6.07, 6.45) is 2.52. The third-order valence-electron chi connectivity index (χ3n) is 3.20. The summed E-state index contributed by atoms with van der Waals surface area (Å²) in [6, 6.07) is 1.03. The molecule has 0 heterocycles. The molecule has 4 nitrogen and oxygen atoms in total. The number of rotatable bonds is 7. The van der Waals surface area contributed by atoms with Gasteiger partial charge in [-0.2, -0.15) is 4.31 Å². The van der Waals surface area contributed by atoms with E-state index >= 15 is 0 Å². The van der Waals surface area contributed by atoms with Crippen molar-refractivity contribution in [1.29, 1.82) is 0 Å². The van der Waals surface area contributed by atoms with Crippen molar-refractivity contribution < 1.29 is 17.2 Å². The number of benzene rings is 1. The highest BCUT2D eigenvalue weighted by molar-refractivity contribution is 7.89. The van der Waals surface area contributed by atoms with Crippen LogP contribution in [0.2, 0.25) is 0 Å². The Balaban J connectivity index is 3.20. The van der Waals surface area contributed by atoms with Crippen LogP contribution < -0.4 is 5.73 Å². The Morgan fingerprint density at radius 1 is 1.19 bits per heavy atom. The average molecular weight is 320 g/mol. The van der Waals surface area contributed by atoms with E-state index in [1.807, 2.05) is 6.92 Å². The highest BCUT2D eigenvalue weighted by atomic mass is 32.2. The van der Waals surface area contributed by atoms with E-state index < -0.39 is 26.6 Å². The summed E-state index contributed by atoms with van der Waals surface area (Å²) in [5.74, 6) is -2.09. The molecule has 1 aromatic rings. The molecular weight excluding hydrogens is 298 g/mol. The van der Waals surface area contributed by atoms with E-state index in [1.165, 1.54) is 4.31 Å². The molecule has 0 bridgehead atoms. The summed E-state index contributed by atoms with van der Waals surface area (Å²) in [4.78, 5) is -0.577. The van der Waals surface area contributed by atoms with Gasteiger partial charge in [0.2, 0.25) is 10.0 Å². The first-order valence-electron chi connectivity index (χ1n) is 6.98. The van der Waals surface area contributed by atoms with Gasteiger partial charge in [0.05, 0.1) is 5.69 Å². The van der Waals surface area contributed by atoms with Gasteiger partial charge in [0.15, 0.2) is 0 Å². The van der Waals surface area contributed by atoms with Crippen LogP contribution in [0, 0.1) is 11.6 Å². The molecule has 0 amide bonds. The minimum atomic E-state index is -4.04. The van der Waals surface area contributed by atoms with E-state index in [-0.39, 0.29) is 11.7 Å². The van der Waals surface area contributed by atoms with Crippen LogP contribution in [0.3, 0.4) is 0 Å². The largest absolute Gasteiger partial charge is 0.396 e. The quantitative estimate of drug-likeness (QED) is 0.620. The van der Waals surface area contributed by atoms with Gasteiger partial charge in [-0.3, -0.25) is 0 Å². The SMILES string of the molecule is CCCCCN(C(C)C)S(=O)(=O)c1cc(N)c(F)cc1F. The number of nitrogens with two attached hydrogens (primary N) is 1. The first kappa shape index (κ1) is 17.8. The first-order chi connectivity index (χ1) is 9.71. The minimum absolute atomic E-state index is 0.296. The summed E-state index contributed by atoms with van der Waals surface area (Å²) in [7, 11) is -4.04. The lowest BCUT2D eigenvalue weighted by Crippen LogP contribution is -2.38. The molecule has 0 atom stereocenters. The summed E-state index contributed by atoms with van der Waals surface area (Å²) in [6.45, 7) is 5.74. The standard InChI is InChI=1S/C14H22F2N2O2S/c1-4-5-6-7-18(10(2)3)21(19,20)14-9-13(17)11(15)8-12(14)16/h8-10H,4-7,17H2,1-3H3. The number of unbranched alkanes of at least 4 members (excludes halogenated alkanes) is 2. The Bertz CT molecular complexity index is 589. The second-order valence-corrected chi connectivity index (χ2v) is 7.08. The van der Waals surface area contributed by atoms with Crippen LogP contribution in [0.15, 0.2) is 17.0 Å². The lowest BCUT2D eigenvalue weighted by atomic mass is 10.2. The second kappa shape index (κ2) is 7.17. The fraction of sp³-hybridized carbons (Fsp3) is 0.571. The fourth-order valence-corrected chi connectivity index (χ4v) is 3.80. The van der Waals surface area contributed by atoms with Gasteiger partial charge >= 0.3 is 0 Å². The molecule has 0 saturated carbocycles. The highest BCUT2D eigenvalue weighted by Gasteiger charge is 2.30. The molecule has 120 valence electrons. The van der Waals surface area contributed by atoms with Crippen molar-refractivity contribution in [3.05, 3.63) is 23.8 Å². The molecule has 7 heteroatoms. The molecule has 0 aliphatic rings. The van der Waals surface area contributed by atoms with E-state index in [4.69, 9.17) is 5.73 Å². The number of hydrogen-bond donors (Lipinski definition) is 1. The Kier molecular flexibility index (Phi) is 6.10. The Hall–Kier alpha value is -1.21. The summed E-state index contributed by atoms with van der Waals surface area (Å²) >= 11 is 0. The van der Waals surface area contributed by atoms with E-state index in [0.717, 1.165) is 18.9 Å². The normalized spacial score (nSPS) is 12.3. The van der Waals surface area contributed by atoms with Crippen molar-refractivity contribution in [3.63, 3.8) is 0 Å². The van der Waals surface area contributed by atoms with Gasteiger partial charge in [-0.15, -0.1) is 0 Å². The minimum Gasteiger partial charge on any atom is -0.396 e. The Labute approximate surface area is 125 Å². The van der Waals surface area contributed by atoms with Crippen molar-refractivity contribution in [2.75, 3.05) is 12.3 Å². The molecule has 0 spiro atoms. The number of sulfonamides is 1. The van der Waals surface area contributed by atoms with Crippen molar-refractivity contribution in [3.8, 4) is 0 Å². The number of nitrogens with zero attached hydrogens (tertiary/aromatic N) is 1. The monoisotopic (exact) mass is 320 g/mol. The number of nitrogen functional groups attached to an aromatic ring is 1. The smallest absolute Gasteiger partial charge is 0.246 e. The van der Waals surface area contributed by atoms with Gasteiger partial charge < -0.3 is 5.73 Å². The molecule has 0 aliphatic heterocycles. The van der Waals surface area contributed by atoms with Gasteiger partial charge in [-0.25, -0.2) is 17.2 Å². The number of halogens is 2. The van der Waals surface area contributed by atoms with Gasteiger partial charge in [-0.1, -0.05) is 19.8 Å². The molecule has 0 fully saturated rings. The van der Waals surface area contributed by atoms with Crippen molar-refractivity contribution in [2.24, 2.45) is 0 Å². The lowest BCUT2D eigenvalue weighted by molar-refractivity contribution is 0.343. The van der Waals surface area contributed by atoms with Crippen LogP contribution in [-0.4, -0.2) is 25.3 Å². The van der Waals surface area contributed by atoms with Crippen molar-refractivity contribution in [1.82, 2.24) is 4.31 Å². The van der Waals surface area contributed by atoms with Crippen molar-refractivity contribution >= 4 is 15.7 Å². The van der Waals surface area contributed by atoms with E-state index in [1.54, 1.807) is 13.8 Å². The zero-order chi connectivity index (χ0) is 16.2. The summed E-state index contributed by atoms with van der Waals surface area (Å²) < 4.78 is 53.4. The molecule has 21 heavy (non-hydrogen) atoms. The molecule has 0 saturated heterocycles. The summed E-state index contributed by atoms with van der Waals surface area (Å²) in [5, 5.41) is 0. The average Bonchev–Trinajstić information content (AvgIpc) is 2.38. The Morgan fingerprint density at radius 3 is 2.33 bits per heavy atom. The topological polar surface area (TPSA) is 63.4 Å². The number of anilines is 1. The molecule has 2 N–H and O–H groups in total. The zero-order valence-electron chi connectivity index (χ0n) is 12.6. The van der Waals surface area contributed by atoms with E-state index in [0.29, 0.717) is 19.0 Å². The predicted octanol–water partition coefficient (Wildman–Crippen LogP) is 3.14. The molecule has 1 aromatic carbocycles. The third-order valence-corrected chi connectivity index (χ3v) is 5.29. The number of hydrogen-bond acceptors (Lipinski definition) is 3. The predicted molar refractivity (Wildman–Crippen MR) is 79.3 cm³/mol. The van der Waals surface area contributed by atoms with E-state index in [2.05, 4.69) is 0 Å². The van der Waals surface area contributed by atoms with Crippen LogP contribution in [0.5, 0.6) is 0 Å². The molecule has 0 aliphatic carbocycles.